The van der Waals surface area contributed by atoms with Crippen molar-refractivity contribution in [2.75, 3.05) is 0 Å². The molecule has 4 nitrogen and oxygen atoms in total. The molecule has 0 heterocycles. The summed E-state index contributed by atoms with van der Waals surface area (Å²) in [5.41, 5.74) is 0. The zero-order valence-corrected chi connectivity index (χ0v) is 9.35. The molecule has 0 amide bonds. The van der Waals surface area contributed by atoms with Gasteiger partial charge >= 0.3 is 45.6 Å². The molecule has 0 rings (SSSR count). The topological polar surface area (TPSA) is 77.8 Å². The summed E-state index contributed by atoms with van der Waals surface area (Å²) < 4.78 is 8.88. The van der Waals surface area contributed by atoms with Gasteiger partial charge < -0.3 is 17.5 Å². The molecule has 8 heteroatoms. The molecule has 0 saturated heterocycles. The van der Waals surface area contributed by atoms with Crippen molar-refractivity contribution in [3.8, 4) is 0 Å². The Morgan fingerprint density at radius 3 is 1.25 bits per heavy atom. The quantitative estimate of drug-likeness (QED) is 0.339. The summed E-state index contributed by atoms with van der Waals surface area (Å²) in [7, 11) is -4.64. The third-order valence-electron chi connectivity index (χ3n) is 0. The first kappa shape index (κ1) is 22.4. The van der Waals surface area contributed by atoms with Crippen LogP contribution < -0.4 is 0 Å². The molecule has 0 aliphatic rings. The number of hydrogen-bond donors (Lipinski definition) is 3. The average molecular weight is 354 g/mol. The molecular formula is H8AlCaO4PW. The van der Waals surface area contributed by atoms with Gasteiger partial charge in [-0.1, -0.05) is 0 Å². The average Bonchev–Trinajstić information content (AvgIpc) is 0.722. The second-order valence-corrected chi connectivity index (χ2v) is 1.54. The van der Waals surface area contributed by atoms with E-state index in [0.29, 0.717) is 0 Å². The molecule has 0 aromatic heterocycles. The largest absolute Gasteiger partial charge is 2.00 e. The van der Waals surface area contributed by atoms with Gasteiger partial charge in [0.05, 0.1) is 0 Å². The Morgan fingerprint density at radius 1 is 1.25 bits per heavy atom. The summed E-state index contributed by atoms with van der Waals surface area (Å²) in [6, 6.07) is 0. The van der Waals surface area contributed by atoms with E-state index < -0.39 is 7.82 Å². The second-order valence-electron chi connectivity index (χ2n) is 0.513. The number of hydrogen-bond acceptors (Lipinski definition) is 1. The van der Waals surface area contributed by atoms with Gasteiger partial charge in [0.15, 0.2) is 17.4 Å². The third kappa shape index (κ3) is 73.8. The van der Waals surface area contributed by atoms with Crippen molar-refractivity contribution in [3.63, 3.8) is 0 Å². The van der Waals surface area contributed by atoms with Crippen molar-refractivity contribution in [1.82, 2.24) is 0 Å². The molecule has 0 aliphatic heterocycles. The van der Waals surface area contributed by atoms with Crippen LogP contribution in [0.15, 0.2) is 0 Å². The fourth-order valence-electron chi connectivity index (χ4n) is 0. The van der Waals surface area contributed by atoms with Crippen LogP contribution in [0.1, 0.15) is 2.85 Å². The molecule has 0 unspecified atom stereocenters. The summed E-state index contributed by atoms with van der Waals surface area (Å²) in [6.07, 6.45) is 0. The number of rotatable bonds is 0. The maximum atomic E-state index is 8.88. The summed E-state index contributed by atoms with van der Waals surface area (Å²) in [6.45, 7) is 0. The minimum absolute atomic E-state index is 0. The van der Waals surface area contributed by atoms with Crippen LogP contribution in [0, 0.1) is 0 Å². The Bertz CT molecular complexity index is 69.4. The van der Waals surface area contributed by atoms with E-state index in [0.717, 1.165) is 0 Å². The maximum Gasteiger partial charge on any atom is 2.00 e. The van der Waals surface area contributed by atoms with Gasteiger partial charge in [0.25, 0.3) is 0 Å². The zero-order valence-electron chi connectivity index (χ0n) is 5.31. The molecule has 48 valence electrons. The molecule has 0 aromatic carbocycles. The van der Waals surface area contributed by atoms with Crippen LogP contribution in [0.2, 0.25) is 0 Å². The van der Waals surface area contributed by atoms with E-state index in [9.17, 15) is 0 Å². The van der Waals surface area contributed by atoms with Gasteiger partial charge in [-0.05, 0) is 0 Å². The van der Waals surface area contributed by atoms with Gasteiger partial charge in [0.2, 0.25) is 0 Å². The van der Waals surface area contributed by atoms with Crippen LogP contribution >= 0.6 is 7.82 Å². The first-order valence-electron chi connectivity index (χ1n) is 0.783. The molecule has 0 fully saturated rings. The van der Waals surface area contributed by atoms with Gasteiger partial charge in [-0.3, -0.25) is 0 Å². The summed E-state index contributed by atoms with van der Waals surface area (Å²) in [5.74, 6) is 0. The Morgan fingerprint density at radius 2 is 1.25 bits per heavy atom. The standard InChI is InChI=1S/Al.Ca.H3O4P.W.5H/c;;1-5(2,3)4;;;;;;/h;;(H3,1,2,3,4);;;;;;/q;+2;;;;;;2*-1. The van der Waals surface area contributed by atoms with Crippen molar-refractivity contribution >= 4 is 62.9 Å². The Kier molecular flexibility index (Phi) is 26.9. The van der Waals surface area contributed by atoms with Crippen LogP contribution in [0.4, 0.5) is 0 Å². The summed E-state index contributed by atoms with van der Waals surface area (Å²) >= 11 is 0. The molecule has 0 saturated carbocycles. The molecule has 0 aromatic rings. The molecule has 0 spiro atoms. The van der Waals surface area contributed by atoms with Crippen LogP contribution in [0.5, 0.6) is 0 Å². The molecule has 3 N–H and O–H groups in total. The van der Waals surface area contributed by atoms with Crippen molar-refractivity contribution in [1.29, 1.82) is 0 Å². The van der Waals surface area contributed by atoms with Gasteiger partial charge in [-0.2, -0.15) is 0 Å². The van der Waals surface area contributed by atoms with Gasteiger partial charge in [-0.25, -0.2) is 4.57 Å². The van der Waals surface area contributed by atoms with Crippen LogP contribution in [-0.4, -0.2) is 69.8 Å². The molecule has 8 heavy (non-hydrogen) atoms. The van der Waals surface area contributed by atoms with Crippen LogP contribution in [-0.2, 0) is 25.6 Å². The van der Waals surface area contributed by atoms with Crippen molar-refractivity contribution < 1.29 is 43.2 Å². The molecule has 0 radical (unpaired) electrons. The van der Waals surface area contributed by atoms with Crippen molar-refractivity contribution in [2.24, 2.45) is 0 Å². The fourth-order valence-corrected chi connectivity index (χ4v) is 0. The van der Waals surface area contributed by atoms with Gasteiger partial charge in [-0.15, -0.1) is 0 Å². The fraction of sp³-hybridized carbons (Fsp3) is 0. The minimum atomic E-state index is -4.64. The van der Waals surface area contributed by atoms with E-state index in [1.165, 1.54) is 0 Å². The Labute approximate surface area is 105 Å². The summed E-state index contributed by atoms with van der Waals surface area (Å²) in [4.78, 5) is 21.6. The Balaban J connectivity index is -0.00000000800. The minimum Gasteiger partial charge on any atom is -1.00 e. The molecular weight excluding hydrogens is 346 g/mol. The normalized spacial score (nSPS) is 7.38. The van der Waals surface area contributed by atoms with E-state index in [-0.39, 0.29) is 79.0 Å². The zero-order chi connectivity index (χ0) is 4.50. The third-order valence-corrected chi connectivity index (χ3v) is 0. The van der Waals surface area contributed by atoms with Crippen LogP contribution in [0.25, 0.3) is 0 Å². The summed E-state index contributed by atoms with van der Waals surface area (Å²) in [5, 5.41) is 0. The SMILES string of the molecule is O=P(O)(O)O.[AlH3].[Ca+2].[H-].[H-].[W]. The van der Waals surface area contributed by atoms with E-state index in [1.807, 2.05) is 0 Å². The maximum absolute atomic E-state index is 8.88. The smallest absolute Gasteiger partial charge is 1.00 e. The van der Waals surface area contributed by atoms with Crippen molar-refractivity contribution in [3.05, 3.63) is 0 Å². The van der Waals surface area contributed by atoms with E-state index in [4.69, 9.17) is 19.2 Å². The van der Waals surface area contributed by atoms with Crippen LogP contribution in [0.3, 0.4) is 0 Å². The van der Waals surface area contributed by atoms with E-state index in [1.54, 1.807) is 0 Å². The molecule has 0 aliphatic carbocycles. The van der Waals surface area contributed by atoms with E-state index in [2.05, 4.69) is 0 Å². The monoisotopic (exact) mass is 354 g/mol. The predicted octanol–water partition coefficient (Wildman–Crippen LogP) is -2.27. The first-order valence-corrected chi connectivity index (χ1v) is 2.35. The van der Waals surface area contributed by atoms with Gasteiger partial charge in [0.1, 0.15) is 0 Å². The van der Waals surface area contributed by atoms with E-state index >= 15 is 0 Å². The number of phosphoric acid groups is 1. The molecule has 0 bridgehead atoms. The first-order chi connectivity index (χ1) is 2.00. The van der Waals surface area contributed by atoms with Gasteiger partial charge in [0, 0.05) is 21.1 Å². The van der Waals surface area contributed by atoms with Crippen molar-refractivity contribution in [2.45, 2.75) is 0 Å². The predicted molar refractivity (Wildman–Crippen MR) is 32.2 cm³/mol. The Hall–Kier alpha value is 2.59. The molecule has 0 atom stereocenters. The second kappa shape index (κ2) is 9.59.